The Morgan fingerprint density at radius 3 is 0.758 bits per heavy atom. The van der Waals surface area contributed by atoms with Gasteiger partial charge in [-0.2, -0.15) is 0 Å². The molecule has 6 nitrogen and oxygen atoms in total. The third-order valence-electron chi connectivity index (χ3n) is 13.7. The summed E-state index contributed by atoms with van der Waals surface area (Å²) >= 11 is 0. The molecule has 0 fully saturated rings. The van der Waals surface area contributed by atoms with Gasteiger partial charge >= 0.3 is 17.9 Å². The molecule has 0 aromatic heterocycles. The van der Waals surface area contributed by atoms with Crippen LogP contribution in [0.2, 0.25) is 0 Å². The van der Waals surface area contributed by atoms with Crippen LogP contribution < -0.4 is 0 Å². The maximum absolute atomic E-state index is 12.8. The lowest BCUT2D eigenvalue weighted by Gasteiger charge is -2.18. The third-order valence-corrected chi connectivity index (χ3v) is 13.7. The molecule has 0 aliphatic rings. The highest BCUT2D eigenvalue weighted by Crippen LogP contribution is 2.19. The molecule has 0 aromatic rings. The summed E-state index contributed by atoms with van der Waals surface area (Å²) < 4.78 is 16.9. The Morgan fingerprint density at radius 1 is 0.306 bits per heavy atom. The molecule has 0 bridgehead atoms. The highest BCUT2D eigenvalue weighted by atomic mass is 16.6. The van der Waals surface area contributed by atoms with Gasteiger partial charge in [0.2, 0.25) is 0 Å². The minimum atomic E-state index is -0.764. The van der Waals surface area contributed by atoms with Crippen LogP contribution in [0.15, 0.2) is 0 Å². The SMILES string of the molecule is CCC(C)CCCCCCCCCCCCCCCCC(=O)OC[C@H](COC(=O)CCCCCCCCCCC(C)CC)OC(=O)CCCCCCCCCCCCC(C)CC. The molecule has 0 N–H and O–H groups in total. The summed E-state index contributed by atoms with van der Waals surface area (Å²) in [5.74, 6) is 1.76. The smallest absolute Gasteiger partial charge is 0.306 e. The van der Waals surface area contributed by atoms with E-state index in [0.29, 0.717) is 19.3 Å². The first kappa shape index (κ1) is 60.4. The molecule has 62 heavy (non-hydrogen) atoms. The standard InChI is InChI=1S/C56H108O6/c1-7-50(4)42-36-30-24-18-14-12-10-11-13-15-20-27-33-39-45-54(57)60-48-53(49-61-55(58)46-40-34-28-23-22-26-32-38-44-52(6)9-3)62-56(59)47-41-35-29-21-17-16-19-25-31-37-43-51(5)8-2/h50-53H,7-49H2,1-6H3/t50?,51?,52?,53-/m1/s1. The first-order valence-electron chi connectivity index (χ1n) is 27.7. The molecule has 0 aliphatic carbocycles. The second-order valence-electron chi connectivity index (χ2n) is 19.9. The van der Waals surface area contributed by atoms with Gasteiger partial charge in [0.25, 0.3) is 0 Å². The van der Waals surface area contributed by atoms with Crippen molar-refractivity contribution >= 4 is 17.9 Å². The zero-order chi connectivity index (χ0) is 45.6. The highest BCUT2D eigenvalue weighted by Gasteiger charge is 2.19. The van der Waals surface area contributed by atoms with Crippen molar-refractivity contribution in [1.29, 1.82) is 0 Å². The lowest BCUT2D eigenvalue weighted by Crippen LogP contribution is -2.30. The Kier molecular flexibility index (Phi) is 46.2. The highest BCUT2D eigenvalue weighted by molar-refractivity contribution is 5.71. The van der Waals surface area contributed by atoms with E-state index in [1.54, 1.807) is 0 Å². The van der Waals surface area contributed by atoms with Crippen LogP contribution in [0.3, 0.4) is 0 Å². The number of esters is 3. The largest absolute Gasteiger partial charge is 0.462 e. The van der Waals surface area contributed by atoms with Crippen LogP contribution in [-0.4, -0.2) is 37.2 Å². The molecular weight excluding hydrogens is 769 g/mol. The van der Waals surface area contributed by atoms with Gasteiger partial charge in [-0.15, -0.1) is 0 Å². The quantitative estimate of drug-likeness (QED) is 0.0344. The summed E-state index contributed by atoms with van der Waals surface area (Å²) in [4.78, 5) is 38.0. The maximum atomic E-state index is 12.8. The average Bonchev–Trinajstić information content (AvgIpc) is 3.27. The fourth-order valence-electron chi connectivity index (χ4n) is 8.37. The number of hydrogen-bond donors (Lipinski definition) is 0. The summed E-state index contributed by atoms with van der Waals surface area (Å²) in [6, 6.07) is 0. The van der Waals surface area contributed by atoms with Crippen LogP contribution in [0.5, 0.6) is 0 Å². The first-order valence-corrected chi connectivity index (χ1v) is 27.7. The van der Waals surface area contributed by atoms with E-state index < -0.39 is 6.10 Å². The maximum Gasteiger partial charge on any atom is 0.306 e. The number of carbonyl (C=O) groups excluding carboxylic acids is 3. The molecule has 4 atom stereocenters. The van der Waals surface area contributed by atoms with E-state index in [4.69, 9.17) is 14.2 Å². The number of ether oxygens (including phenoxy) is 3. The van der Waals surface area contributed by atoms with Gasteiger partial charge in [0.05, 0.1) is 0 Å². The minimum absolute atomic E-state index is 0.0644. The van der Waals surface area contributed by atoms with E-state index in [1.807, 2.05) is 0 Å². The fraction of sp³-hybridized carbons (Fsp3) is 0.946. The van der Waals surface area contributed by atoms with E-state index in [2.05, 4.69) is 41.5 Å². The van der Waals surface area contributed by atoms with Gasteiger partial charge in [0, 0.05) is 19.3 Å². The van der Waals surface area contributed by atoms with E-state index in [9.17, 15) is 14.4 Å². The molecule has 0 aromatic carbocycles. The lowest BCUT2D eigenvalue weighted by atomic mass is 9.99. The van der Waals surface area contributed by atoms with Crippen LogP contribution in [0.1, 0.15) is 305 Å². The van der Waals surface area contributed by atoms with Gasteiger partial charge in [-0.3, -0.25) is 14.4 Å². The summed E-state index contributed by atoms with van der Waals surface area (Å²) in [7, 11) is 0. The van der Waals surface area contributed by atoms with Gasteiger partial charge in [0.1, 0.15) is 13.2 Å². The Labute approximate surface area is 387 Å². The molecule has 3 unspecified atom stereocenters. The second kappa shape index (κ2) is 47.4. The zero-order valence-electron chi connectivity index (χ0n) is 42.7. The summed E-state index contributed by atoms with van der Waals surface area (Å²) in [5, 5.41) is 0. The van der Waals surface area contributed by atoms with E-state index in [-0.39, 0.29) is 31.1 Å². The third kappa shape index (κ3) is 45.0. The molecule has 6 heteroatoms. The number of rotatable bonds is 49. The Hall–Kier alpha value is -1.59. The molecule has 0 rings (SSSR count). The lowest BCUT2D eigenvalue weighted by molar-refractivity contribution is -0.167. The molecule has 0 saturated carbocycles. The van der Waals surface area contributed by atoms with Crippen molar-refractivity contribution in [2.45, 2.75) is 311 Å². The molecule has 0 saturated heterocycles. The van der Waals surface area contributed by atoms with E-state index in [1.165, 1.54) is 186 Å². The Bertz CT molecular complexity index is 966. The topological polar surface area (TPSA) is 78.9 Å². The average molecular weight is 877 g/mol. The summed E-state index contributed by atoms with van der Waals surface area (Å²) in [5.41, 5.74) is 0. The van der Waals surface area contributed by atoms with Crippen molar-refractivity contribution in [1.82, 2.24) is 0 Å². The molecule has 368 valence electrons. The van der Waals surface area contributed by atoms with Crippen molar-refractivity contribution < 1.29 is 28.6 Å². The summed E-state index contributed by atoms with van der Waals surface area (Å²) in [6.07, 6.45) is 47.9. The Balaban J connectivity index is 4.31. The van der Waals surface area contributed by atoms with Gasteiger partial charge < -0.3 is 14.2 Å². The predicted molar refractivity (Wildman–Crippen MR) is 266 cm³/mol. The van der Waals surface area contributed by atoms with Gasteiger partial charge in [-0.25, -0.2) is 0 Å². The van der Waals surface area contributed by atoms with Crippen LogP contribution in [-0.2, 0) is 28.6 Å². The number of unbranched alkanes of at least 4 members (excludes halogenated alkanes) is 29. The zero-order valence-corrected chi connectivity index (χ0v) is 42.7. The van der Waals surface area contributed by atoms with Crippen LogP contribution in [0, 0.1) is 17.8 Å². The van der Waals surface area contributed by atoms with Crippen LogP contribution in [0.25, 0.3) is 0 Å². The van der Waals surface area contributed by atoms with Crippen molar-refractivity contribution in [2.24, 2.45) is 17.8 Å². The van der Waals surface area contributed by atoms with Crippen molar-refractivity contribution in [3.63, 3.8) is 0 Å². The summed E-state index contributed by atoms with van der Waals surface area (Å²) in [6.45, 7) is 13.8. The molecule has 0 amide bonds. The second-order valence-corrected chi connectivity index (χ2v) is 19.9. The number of hydrogen-bond acceptors (Lipinski definition) is 6. The van der Waals surface area contributed by atoms with Crippen molar-refractivity contribution in [2.75, 3.05) is 13.2 Å². The van der Waals surface area contributed by atoms with Crippen molar-refractivity contribution in [3.05, 3.63) is 0 Å². The molecule has 0 aliphatic heterocycles. The van der Waals surface area contributed by atoms with Crippen LogP contribution >= 0.6 is 0 Å². The normalized spacial score (nSPS) is 13.5. The first-order chi connectivity index (χ1) is 30.2. The molecular formula is C56H108O6. The fourth-order valence-corrected chi connectivity index (χ4v) is 8.37. The van der Waals surface area contributed by atoms with E-state index >= 15 is 0 Å². The van der Waals surface area contributed by atoms with Crippen molar-refractivity contribution in [3.8, 4) is 0 Å². The Morgan fingerprint density at radius 2 is 0.516 bits per heavy atom. The van der Waals surface area contributed by atoms with E-state index in [0.717, 1.165) is 75.5 Å². The molecule has 0 heterocycles. The van der Waals surface area contributed by atoms with Gasteiger partial charge in [-0.05, 0) is 37.0 Å². The van der Waals surface area contributed by atoms with Crippen LogP contribution in [0.4, 0.5) is 0 Å². The molecule has 0 spiro atoms. The molecule has 0 radical (unpaired) electrons. The monoisotopic (exact) mass is 877 g/mol. The van der Waals surface area contributed by atoms with Gasteiger partial charge in [0.15, 0.2) is 6.10 Å². The minimum Gasteiger partial charge on any atom is -0.462 e. The van der Waals surface area contributed by atoms with Gasteiger partial charge in [-0.1, -0.05) is 266 Å². The number of carbonyl (C=O) groups is 3. The predicted octanol–water partition coefficient (Wildman–Crippen LogP) is 17.9.